The van der Waals surface area contributed by atoms with Crippen molar-refractivity contribution in [2.45, 2.75) is 19.1 Å². The van der Waals surface area contributed by atoms with Crippen LogP contribution < -0.4 is 0 Å². The van der Waals surface area contributed by atoms with Crippen LogP contribution in [0.25, 0.3) is 0 Å². The van der Waals surface area contributed by atoms with E-state index in [-0.39, 0.29) is 11.7 Å². The summed E-state index contributed by atoms with van der Waals surface area (Å²) in [5.74, 6) is -0.503. The van der Waals surface area contributed by atoms with Gasteiger partial charge < -0.3 is 9.74 Å². The molecule has 3 rings (SSSR count). The number of nitrogens with zero attached hydrogens (tertiary/aromatic N) is 2. The summed E-state index contributed by atoms with van der Waals surface area (Å²) in [5.41, 5.74) is 1.21. The lowest BCUT2D eigenvalue weighted by Crippen LogP contribution is -2.36. The van der Waals surface area contributed by atoms with Crippen molar-refractivity contribution in [2.24, 2.45) is 5.16 Å². The highest BCUT2D eigenvalue weighted by Gasteiger charge is 2.31. The molecule has 0 bridgehead atoms. The molecule has 1 aromatic heterocycles. The minimum absolute atomic E-state index is 0.162. The summed E-state index contributed by atoms with van der Waals surface area (Å²) in [6.45, 7) is 0.464. The summed E-state index contributed by atoms with van der Waals surface area (Å²) >= 11 is 7.33. The first-order valence-corrected chi connectivity index (χ1v) is 8.20. The molecule has 4 nitrogen and oxygen atoms in total. The van der Waals surface area contributed by atoms with Crippen molar-refractivity contribution in [3.63, 3.8) is 0 Å². The molecule has 120 valence electrons. The van der Waals surface area contributed by atoms with Crippen LogP contribution in [-0.2, 0) is 16.2 Å². The van der Waals surface area contributed by atoms with Gasteiger partial charge in [0.2, 0.25) is 6.10 Å². The van der Waals surface area contributed by atoms with Crippen LogP contribution in [0.1, 0.15) is 16.9 Å². The molecule has 1 aliphatic rings. The topological polar surface area (TPSA) is 41.9 Å². The summed E-state index contributed by atoms with van der Waals surface area (Å²) in [6.07, 6.45) is -0.341. The van der Waals surface area contributed by atoms with Crippen molar-refractivity contribution in [1.29, 1.82) is 0 Å². The van der Waals surface area contributed by atoms with E-state index in [1.54, 1.807) is 30.1 Å². The predicted molar refractivity (Wildman–Crippen MR) is 88.2 cm³/mol. The SMILES string of the molecule is CN(Cc1ccc(Cl)s1)C(=O)C1CC(c2cccc(F)c2)=NO1. The first-order chi connectivity index (χ1) is 11.0. The summed E-state index contributed by atoms with van der Waals surface area (Å²) in [7, 11) is 1.71. The minimum Gasteiger partial charge on any atom is -0.382 e. The van der Waals surface area contributed by atoms with E-state index >= 15 is 0 Å². The van der Waals surface area contributed by atoms with Gasteiger partial charge in [0.05, 0.1) is 16.6 Å². The van der Waals surface area contributed by atoms with Crippen molar-refractivity contribution < 1.29 is 14.0 Å². The molecule has 2 aromatic rings. The van der Waals surface area contributed by atoms with Gasteiger partial charge in [-0.3, -0.25) is 4.79 Å². The molecule has 1 aromatic carbocycles. The Balaban J connectivity index is 1.62. The van der Waals surface area contributed by atoms with Crippen LogP contribution in [0.2, 0.25) is 4.34 Å². The van der Waals surface area contributed by atoms with Crippen LogP contribution in [0.15, 0.2) is 41.6 Å². The summed E-state index contributed by atoms with van der Waals surface area (Å²) in [4.78, 5) is 20.2. The summed E-state index contributed by atoms with van der Waals surface area (Å²) in [5, 5.41) is 3.93. The number of hydrogen-bond donors (Lipinski definition) is 0. The number of likely N-dealkylation sites (N-methyl/N-ethyl adjacent to an activating group) is 1. The zero-order chi connectivity index (χ0) is 16.4. The lowest BCUT2D eigenvalue weighted by atomic mass is 10.0. The summed E-state index contributed by atoms with van der Waals surface area (Å²) in [6, 6.07) is 9.79. The fourth-order valence-electron chi connectivity index (χ4n) is 2.34. The number of carbonyl (C=O) groups excluding carboxylic acids is 1. The van der Waals surface area contributed by atoms with Gasteiger partial charge in [-0.2, -0.15) is 0 Å². The number of benzene rings is 1. The van der Waals surface area contributed by atoms with E-state index in [1.165, 1.54) is 23.5 Å². The van der Waals surface area contributed by atoms with Gasteiger partial charge in [-0.05, 0) is 24.3 Å². The molecule has 0 spiro atoms. The van der Waals surface area contributed by atoms with Crippen molar-refractivity contribution in [1.82, 2.24) is 4.90 Å². The van der Waals surface area contributed by atoms with Gasteiger partial charge >= 0.3 is 0 Å². The Kier molecular flexibility index (Phi) is 4.63. The molecule has 0 N–H and O–H groups in total. The van der Waals surface area contributed by atoms with Crippen molar-refractivity contribution in [3.05, 3.63) is 57.0 Å². The van der Waals surface area contributed by atoms with Gasteiger partial charge in [0.25, 0.3) is 5.91 Å². The second kappa shape index (κ2) is 6.68. The molecule has 0 aliphatic carbocycles. The van der Waals surface area contributed by atoms with Crippen molar-refractivity contribution in [2.75, 3.05) is 7.05 Å². The fraction of sp³-hybridized carbons (Fsp3) is 0.250. The second-order valence-corrected chi connectivity index (χ2v) is 7.05. The molecule has 0 saturated carbocycles. The van der Waals surface area contributed by atoms with Gasteiger partial charge in [0.15, 0.2) is 0 Å². The van der Waals surface area contributed by atoms with Gasteiger partial charge in [-0.1, -0.05) is 28.9 Å². The standard InChI is InChI=1S/C16H14ClFN2O2S/c1-20(9-12-5-6-15(17)23-12)16(21)14-8-13(19-22-14)10-3-2-4-11(18)7-10/h2-7,14H,8-9H2,1H3. The molecule has 0 fully saturated rings. The summed E-state index contributed by atoms with van der Waals surface area (Å²) < 4.78 is 14.0. The first-order valence-electron chi connectivity index (χ1n) is 7.01. The number of halogens is 2. The second-order valence-electron chi connectivity index (χ2n) is 5.25. The highest BCUT2D eigenvalue weighted by molar-refractivity contribution is 7.16. The van der Waals surface area contributed by atoms with Crippen LogP contribution in [-0.4, -0.2) is 29.7 Å². The normalized spacial score (nSPS) is 16.8. The average molecular weight is 353 g/mol. The quantitative estimate of drug-likeness (QED) is 0.842. The van der Waals surface area contributed by atoms with Crippen LogP contribution in [0.5, 0.6) is 0 Å². The van der Waals surface area contributed by atoms with Gasteiger partial charge in [-0.25, -0.2) is 4.39 Å². The van der Waals surface area contributed by atoms with E-state index in [0.717, 1.165) is 4.88 Å². The first kappa shape index (κ1) is 16.0. The zero-order valence-electron chi connectivity index (χ0n) is 12.3. The molecule has 1 amide bonds. The third kappa shape index (κ3) is 3.71. The van der Waals surface area contributed by atoms with Gasteiger partial charge in [-0.15, -0.1) is 11.3 Å². The smallest absolute Gasteiger partial charge is 0.266 e. The zero-order valence-corrected chi connectivity index (χ0v) is 13.9. The Morgan fingerprint density at radius 2 is 2.30 bits per heavy atom. The molecule has 1 unspecified atom stereocenters. The Morgan fingerprint density at radius 1 is 1.48 bits per heavy atom. The van der Waals surface area contributed by atoms with E-state index in [9.17, 15) is 9.18 Å². The number of oxime groups is 1. The van der Waals surface area contributed by atoms with Crippen LogP contribution in [0, 0.1) is 5.82 Å². The lowest BCUT2D eigenvalue weighted by molar-refractivity contribution is -0.141. The molecule has 1 atom stereocenters. The molecular weight excluding hydrogens is 339 g/mol. The van der Waals surface area contributed by atoms with Gasteiger partial charge in [0, 0.05) is 23.9 Å². The molecule has 0 saturated heterocycles. The van der Waals surface area contributed by atoms with E-state index < -0.39 is 6.10 Å². The van der Waals surface area contributed by atoms with E-state index in [2.05, 4.69) is 5.16 Å². The van der Waals surface area contributed by atoms with Gasteiger partial charge in [0.1, 0.15) is 5.82 Å². The minimum atomic E-state index is -0.672. The third-order valence-electron chi connectivity index (χ3n) is 3.50. The number of hydrogen-bond acceptors (Lipinski definition) is 4. The predicted octanol–water partition coefficient (Wildman–Crippen LogP) is 3.69. The van der Waals surface area contributed by atoms with Crippen molar-refractivity contribution >= 4 is 34.6 Å². The van der Waals surface area contributed by atoms with E-state index in [0.29, 0.717) is 28.6 Å². The Bertz CT molecular complexity index is 762. The average Bonchev–Trinajstić information content (AvgIpc) is 3.16. The molecule has 23 heavy (non-hydrogen) atoms. The number of carbonyl (C=O) groups is 1. The number of rotatable bonds is 4. The Hall–Kier alpha value is -1.92. The third-order valence-corrected chi connectivity index (χ3v) is 4.72. The maximum absolute atomic E-state index is 13.3. The molecule has 2 heterocycles. The maximum atomic E-state index is 13.3. The molecule has 1 aliphatic heterocycles. The van der Waals surface area contributed by atoms with Crippen LogP contribution in [0.3, 0.4) is 0 Å². The van der Waals surface area contributed by atoms with Crippen LogP contribution in [0.4, 0.5) is 4.39 Å². The monoisotopic (exact) mass is 352 g/mol. The molecular formula is C16H14ClFN2O2S. The maximum Gasteiger partial charge on any atom is 0.266 e. The fourth-order valence-corrected chi connectivity index (χ4v) is 3.48. The lowest BCUT2D eigenvalue weighted by Gasteiger charge is -2.19. The van der Waals surface area contributed by atoms with E-state index in [1.807, 2.05) is 6.07 Å². The van der Waals surface area contributed by atoms with Crippen molar-refractivity contribution in [3.8, 4) is 0 Å². The Labute approximate surface area is 142 Å². The molecule has 7 heteroatoms. The Morgan fingerprint density at radius 3 is 3.00 bits per heavy atom. The van der Waals surface area contributed by atoms with Crippen LogP contribution >= 0.6 is 22.9 Å². The highest BCUT2D eigenvalue weighted by Crippen LogP contribution is 2.24. The highest BCUT2D eigenvalue weighted by atomic mass is 35.5. The molecule has 0 radical (unpaired) electrons. The number of amides is 1. The largest absolute Gasteiger partial charge is 0.382 e. The van der Waals surface area contributed by atoms with E-state index in [4.69, 9.17) is 16.4 Å². The number of thiophene rings is 1.